The number of rotatable bonds is 21. The molecule has 0 aliphatic heterocycles. The summed E-state index contributed by atoms with van der Waals surface area (Å²) in [6.07, 6.45) is 10.2. The minimum atomic E-state index is -3.09. The number of methoxy groups -OCH3 is 1. The van der Waals surface area contributed by atoms with E-state index >= 15 is 0 Å². The second-order valence-corrected chi connectivity index (χ2v) is 13.1. The number of halogens is 2. The van der Waals surface area contributed by atoms with Crippen LogP contribution in [0.4, 0.5) is 0 Å². The topological polar surface area (TPSA) is 187 Å². The number of allylic oxidation sites excluding steroid dienone is 3. The van der Waals surface area contributed by atoms with Crippen molar-refractivity contribution in [1.82, 2.24) is 0 Å². The number of carboxylic acids is 1. The number of ether oxygens (including phenoxy) is 2. The van der Waals surface area contributed by atoms with Gasteiger partial charge in [-0.1, -0.05) is 44.0 Å². The van der Waals surface area contributed by atoms with Crippen LogP contribution in [0, 0.1) is 0 Å². The van der Waals surface area contributed by atoms with Gasteiger partial charge in [-0.3, -0.25) is 4.57 Å². The summed E-state index contributed by atoms with van der Waals surface area (Å²) >= 11 is 6.49. The predicted octanol–water partition coefficient (Wildman–Crippen LogP) is 5.85. The molecular formula is C33H43B2Br2N2O11P. The van der Waals surface area contributed by atoms with Crippen LogP contribution >= 0.6 is 39.5 Å². The molecule has 0 spiro atoms. The van der Waals surface area contributed by atoms with Gasteiger partial charge in [0.2, 0.25) is 0 Å². The zero-order chi connectivity index (χ0) is 38.3. The Kier molecular flexibility index (Phi) is 28.3. The average Bonchev–Trinajstić information content (AvgIpc) is 3.12. The van der Waals surface area contributed by atoms with Gasteiger partial charge in [-0.05, 0) is 13.8 Å². The molecule has 2 aromatic rings. The zero-order valence-corrected chi connectivity index (χ0v) is 32.8. The first-order chi connectivity index (χ1) is 24.5. The van der Waals surface area contributed by atoms with Crippen molar-refractivity contribution in [2.75, 3.05) is 43.8 Å². The molecule has 2 atom stereocenters. The van der Waals surface area contributed by atoms with E-state index in [2.05, 4.69) is 58.7 Å². The number of aliphatic imine (C=N–C) groups is 2. The molecule has 0 saturated carbocycles. The second kappa shape index (κ2) is 30.3. The van der Waals surface area contributed by atoms with E-state index in [0.29, 0.717) is 39.7 Å². The van der Waals surface area contributed by atoms with Crippen LogP contribution in [0.2, 0.25) is 0 Å². The summed E-state index contributed by atoms with van der Waals surface area (Å²) in [5.41, 5.74) is 1.58. The first-order valence-electron chi connectivity index (χ1n) is 15.6. The standard InChI is InChI=1S/C18H25BNO7P.C11H12BNO4.C4H6Br2/c1-3-26-28(24,27-4-2)12-6-5-11-25-16-9-7-15(8-10-16)13-17(18(21)22)20-14-19-23;1-17-11(15)10(13-7-12-16)6-8-2-4-9(14)5-3-8;5-3-1-2-4-6/h5-10,14,17H,3-4,11-13H2,1-2H3,(H,21,22);2-5,7,10,14H,6H2,1H3;1-2H,3-4H2/b6-5+,20-14?;;2-1+/t;10-;/m.0./s1. The van der Waals surface area contributed by atoms with Gasteiger partial charge in [0.05, 0.1) is 19.4 Å². The van der Waals surface area contributed by atoms with Gasteiger partial charge >= 0.3 is 217 Å². The Balaban J connectivity index is 0.000000914. The summed E-state index contributed by atoms with van der Waals surface area (Å²) in [6, 6.07) is 11.6. The van der Waals surface area contributed by atoms with Crippen LogP contribution in [0.15, 0.2) is 82.8 Å². The number of aliphatic carboxylic acids is 1. The number of carboxylic acid groups (broad SMARTS) is 1. The summed E-state index contributed by atoms with van der Waals surface area (Å²) in [7, 11) is -0.872. The predicted molar refractivity (Wildman–Crippen MR) is 206 cm³/mol. The molecule has 51 heavy (non-hydrogen) atoms. The van der Waals surface area contributed by atoms with Crippen LogP contribution in [0.1, 0.15) is 25.0 Å². The third-order valence-electron chi connectivity index (χ3n) is 5.97. The second-order valence-electron chi connectivity index (χ2n) is 9.67. The minimum absolute atomic E-state index is 0.153. The van der Waals surface area contributed by atoms with Crippen molar-refractivity contribution in [2.24, 2.45) is 9.98 Å². The monoisotopic (exact) mass is 854 g/mol. The van der Waals surface area contributed by atoms with Gasteiger partial charge in [0, 0.05) is 10.7 Å². The van der Waals surface area contributed by atoms with E-state index < -0.39 is 31.6 Å². The third-order valence-corrected chi connectivity index (χ3v) is 8.68. The van der Waals surface area contributed by atoms with Crippen LogP contribution in [0.3, 0.4) is 0 Å². The molecule has 0 fully saturated rings. The average molecular weight is 856 g/mol. The van der Waals surface area contributed by atoms with Gasteiger partial charge in [-0.2, -0.15) is 0 Å². The number of nitrogens with zero attached hydrogens (tertiary/aromatic N) is 2. The quantitative estimate of drug-likeness (QED) is 0.0383. The summed E-state index contributed by atoms with van der Waals surface area (Å²) < 4.78 is 53.3. The molecule has 2 rings (SSSR count). The Labute approximate surface area is 316 Å². The first kappa shape index (κ1) is 47.6. The van der Waals surface area contributed by atoms with Gasteiger partial charge < -0.3 is 9.05 Å². The SMILES string of the molecule is BrC/C=C/CBr.CCOP(=O)(C/C=C/COc1ccc(CC(N=CB=O)C(=O)O)cc1)OCC.COC(=O)[C@H](Cc1ccc(O)cc1)N=CB=O. The van der Waals surface area contributed by atoms with Gasteiger partial charge in [0.15, 0.2) is 0 Å². The van der Waals surface area contributed by atoms with Crippen molar-refractivity contribution in [3.8, 4) is 11.5 Å². The maximum atomic E-state index is 12.3. The Morgan fingerprint density at radius 3 is 1.76 bits per heavy atom. The van der Waals surface area contributed by atoms with Crippen molar-refractivity contribution in [2.45, 2.75) is 38.8 Å². The zero-order valence-electron chi connectivity index (χ0n) is 28.7. The van der Waals surface area contributed by atoms with Crippen molar-refractivity contribution in [3.63, 3.8) is 0 Å². The summed E-state index contributed by atoms with van der Waals surface area (Å²) in [5, 5.41) is 20.1. The normalized spacial score (nSPS) is 12.3. The van der Waals surface area contributed by atoms with Crippen LogP contribution in [-0.4, -0.2) is 105 Å². The number of aromatic hydroxyl groups is 1. The Hall–Kier alpha value is -3.36. The molecule has 0 radical (unpaired) electrons. The fourth-order valence-electron chi connectivity index (χ4n) is 3.69. The van der Waals surface area contributed by atoms with E-state index in [1.54, 1.807) is 62.4 Å². The van der Waals surface area contributed by atoms with Crippen LogP contribution in [-0.2, 0) is 50.2 Å². The number of carbonyl (C=O) groups is 2. The molecule has 0 bridgehead atoms. The third kappa shape index (κ3) is 23.7. The van der Waals surface area contributed by atoms with Gasteiger partial charge in [-0.25, -0.2) is 0 Å². The van der Waals surface area contributed by atoms with E-state index in [0.717, 1.165) is 34.0 Å². The molecule has 13 nitrogen and oxygen atoms in total. The number of phenolic OH excluding ortho intramolecular Hbond substituents is 1. The van der Waals surface area contributed by atoms with Crippen molar-refractivity contribution >= 4 is 77.9 Å². The Bertz CT molecular complexity index is 1450. The molecule has 0 aliphatic rings. The molecule has 18 heteroatoms. The molecule has 0 aromatic heterocycles. The number of carbonyl (C=O) groups excluding carboxylic acids is 1. The molecule has 276 valence electrons. The fourth-order valence-corrected chi connectivity index (χ4v) is 5.70. The maximum absolute atomic E-state index is 12.3. The Morgan fingerprint density at radius 2 is 1.31 bits per heavy atom. The molecule has 0 saturated heterocycles. The van der Waals surface area contributed by atoms with Crippen LogP contribution < -0.4 is 4.74 Å². The number of esters is 1. The molecule has 0 heterocycles. The molecule has 2 aromatic carbocycles. The van der Waals surface area contributed by atoms with Gasteiger partial charge in [0.25, 0.3) is 0 Å². The van der Waals surface area contributed by atoms with Crippen LogP contribution in [0.5, 0.6) is 11.5 Å². The van der Waals surface area contributed by atoms with Gasteiger partial charge in [-0.15, -0.1) is 0 Å². The fraction of sp³-hybridized carbons (Fsp3) is 0.394. The van der Waals surface area contributed by atoms with Gasteiger partial charge in [0.1, 0.15) is 0 Å². The van der Waals surface area contributed by atoms with E-state index in [9.17, 15) is 23.6 Å². The van der Waals surface area contributed by atoms with E-state index in [-0.39, 0.29) is 24.9 Å². The molecular weight excluding hydrogens is 813 g/mol. The van der Waals surface area contributed by atoms with E-state index in [1.807, 2.05) is 0 Å². The number of hydrogen-bond donors (Lipinski definition) is 2. The van der Waals surface area contributed by atoms with Crippen molar-refractivity contribution in [1.29, 1.82) is 0 Å². The van der Waals surface area contributed by atoms with Crippen molar-refractivity contribution < 1.29 is 52.3 Å². The summed E-state index contributed by atoms with van der Waals surface area (Å²) in [4.78, 5) is 30.0. The molecule has 2 N–H and O–H groups in total. The van der Waals surface area contributed by atoms with Crippen LogP contribution in [0.25, 0.3) is 0 Å². The number of benzene rings is 2. The molecule has 1 unspecified atom stereocenters. The van der Waals surface area contributed by atoms with E-state index in [4.69, 9.17) is 24.0 Å². The molecule has 0 amide bonds. The number of alkyl halides is 2. The summed E-state index contributed by atoms with van der Waals surface area (Å²) in [6.45, 7) is 4.43. The Morgan fingerprint density at radius 1 is 0.824 bits per heavy atom. The van der Waals surface area contributed by atoms with E-state index in [1.165, 1.54) is 19.2 Å². The number of hydrogen-bond acceptors (Lipinski definition) is 12. The van der Waals surface area contributed by atoms with Crippen molar-refractivity contribution in [3.05, 3.63) is 84.0 Å². The molecule has 0 aliphatic carbocycles. The first-order valence-corrected chi connectivity index (χ1v) is 19.5. The summed E-state index contributed by atoms with van der Waals surface area (Å²) in [5.74, 6) is -0.842. The number of phenols is 1.